The van der Waals surface area contributed by atoms with Crippen molar-refractivity contribution in [3.05, 3.63) is 52.9 Å². The number of alkyl halides is 3. The van der Waals surface area contributed by atoms with Crippen LogP contribution in [0.5, 0.6) is 0 Å². The Kier molecular flexibility index (Phi) is 6.10. The van der Waals surface area contributed by atoms with Crippen molar-refractivity contribution < 1.29 is 26.4 Å². The van der Waals surface area contributed by atoms with E-state index in [4.69, 9.17) is 0 Å². The summed E-state index contributed by atoms with van der Waals surface area (Å²) < 4.78 is 61.9. The van der Waals surface area contributed by atoms with Gasteiger partial charge in [0.2, 0.25) is 5.95 Å². The molecule has 1 amide bonds. The average Bonchev–Trinajstić information content (AvgIpc) is 3.23. The highest BCUT2D eigenvalue weighted by Crippen LogP contribution is 2.32. The summed E-state index contributed by atoms with van der Waals surface area (Å²) in [5, 5.41) is 3.02. The number of carbonyl (C=O) groups is 1. The van der Waals surface area contributed by atoms with Crippen LogP contribution in [-0.4, -0.2) is 58.8 Å². The van der Waals surface area contributed by atoms with Gasteiger partial charge in [0.1, 0.15) is 5.69 Å². The minimum atomic E-state index is -4.58. The van der Waals surface area contributed by atoms with Crippen molar-refractivity contribution in [2.24, 2.45) is 0 Å². The first kappa shape index (κ1) is 23.1. The van der Waals surface area contributed by atoms with Crippen LogP contribution >= 0.6 is 11.3 Å². The summed E-state index contributed by atoms with van der Waals surface area (Å²) >= 11 is 1.16. The molecule has 2 aromatic heterocycles. The first-order chi connectivity index (χ1) is 15.5. The largest absolute Gasteiger partial charge is 0.433 e. The quantitative estimate of drug-likeness (QED) is 0.588. The number of thiazole rings is 1. The molecule has 0 bridgehead atoms. The normalized spacial score (nSPS) is 15.9. The highest BCUT2D eigenvalue weighted by Gasteiger charge is 2.33. The van der Waals surface area contributed by atoms with Gasteiger partial charge in [0.15, 0.2) is 14.8 Å². The molecule has 3 aromatic rings. The number of nitrogens with zero attached hydrogens (tertiary/aromatic N) is 4. The van der Waals surface area contributed by atoms with Crippen LogP contribution < -0.4 is 5.32 Å². The summed E-state index contributed by atoms with van der Waals surface area (Å²) in [6.45, 7) is 2.08. The number of carbonyl (C=O) groups excluding carboxylic acids is 1. The van der Waals surface area contributed by atoms with Crippen LogP contribution in [-0.2, 0) is 16.0 Å². The van der Waals surface area contributed by atoms with Crippen LogP contribution in [0.1, 0.15) is 21.1 Å². The van der Waals surface area contributed by atoms with Gasteiger partial charge in [0.05, 0.1) is 16.4 Å². The summed E-state index contributed by atoms with van der Waals surface area (Å²) in [5.41, 5.74) is 0.961. The van der Waals surface area contributed by atoms with Gasteiger partial charge in [-0.3, -0.25) is 4.79 Å². The SMILES string of the molecule is Cc1cc(Nc2nccc(C(F)(F)F)n2)cc(-c2cnc(C(=O)N3CCS(=O)(=O)CC3)s2)c1. The lowest BCUT2D eigenvalue weighted by molar-refractivity contribution is -0.141. The smallest absolute Gasteiger partial charge is 0.335 e. The van der Waals surface area contributed by atoms with Crippen molar-refractivity contribution in [1.82, 2.24) is 19.9 Å². The molecule has 0 saturated carbocycles. The van der Waals surface area contributed by atoms with E-state index in [0.29, 0.717) is 16.1 Å². The molecule has 0 aliphatic carbocycles. The van der Waals surface area contributed by atoms with Crippen molar-refractivity contribution in [2.75, 3.05) is 29.9 Å². The van der Waals surface area contributed by atoms with E-state index in [-0.39, 0.29) is 41.5 Å². The third-order valence-corrected chi connectivity index (χ3v) is 7.53. The van der Waals surface area contributed by atoms with Gasteiger partial charge in [-0.1, -0.05) is 6.07 Å². The number of hydrogen-bond donors (Lipinski definition) is 1. The first-order valence-corrected chi connectivity index (χ1v) is 12.4. The van der Waals surface area contributed by atoms with Crippen molar-refractivity contribution >= 4 is 38.7 Å². The molecule has 0 spiro atoms. The van der Waals surface area contributed by atoms with Crippen molar-refractivity contribution in [3.63, 3.8) is 0 Å². The zero-order valence-electron chi connectivity index (χ0n) is 17.3. The molecule has 13 heteroatoms. The second-order valence-corrected chi connectivity index (χ2v) is 10.8. The summed E-state index contributed by atoms with van der Waals surface area (Å²) in [4.78, 5) is 26.4. The molecule has 1 fully saturated rings. The Bertz CT molecular complexity index is 1290. The lowest BCUT2D eigenvalue weighted by Crippen LogP contribution is -2.43. The topological polar surface area (TPSA) is 105 Å². The average molecular weight is 498 g/mol. The number of hydrogen-bond acceptors (Lipinski definition) is 8. The molecule has 8 nitrogen and oxygen atoms in total. The number of rotatable bonds is 4. The molecule has 1 aliphatic rings. The lowest BCUT2D eigenvalue weighted by Gasteiger charge is -2.25. The molecule has 0 atom stereocenters. The van der Waals surface area contributed by atoms with E-state index in [0.717, 1.165) is 29.2 Å². The molecule has 4 rings (SSSR count). The van der Waals surface area contributed by atoms with Crippen LogP contribution in [0, 0.1) is 6.92 Å². The van der Waals surface area contributed by atoms with Crippen LogP contribution in [0.2, 0.25) is 0 Å². The maximum atomic E-state index is 12.9. The monoisotopic (exact) mass is 497 g/mol. The standard InChI is InChI=1S/C20H18F3N5O3S2/c1-12-8-13(10-14(9-12)26-19-24-3-2-16(27-19)20(21,22)23)15-11-25-17(32-15)18(29)28-4-6-33(30,31)7-5-28/h2-3,8-11H,4-7H2,1H3,(H,24,26,27). The molecule has 174 valence electrons. The van der Waals surface area contributed by atoms with Gasteiger partial charge in [0, 0.05) is 31.2 Å². The van der Waals surface area contributed by atoms with E-state index >= 15 is 0 Å². The minimum Gasteiger partial charge on any atom is -0.335 e. The van der Waals surface area contributed by atoms with Crippen molar-refractivity contribution in [2.45, 2.75) is 13.1 Å². The number of amides is 1. The van der Waals surface area contributed by atoms with E-state index in [1.54, 1.807) is 12.1 Å². The highest BCUT2D eigenvalue weighted by atomic mass is 32.2. The van der Waals surface area contributed by atoms with Gasteiger partial charge in [-0.05, 0) is 36.2 Å². The highest BCUT2D eigenvalue weighted by molar-refractivity contribution is 7.91. The Morgan fingerprint density at radius 2 is 1.88 bits per heavy atom. The van der Waals surface area contributed by atoms with Gasteiger partial charge in [-0.2, -0.15) is 13.2 Å². The van der Waals surface area contributed by atoms with Crippen LogP contribution in [0.15, 0.2) is 36.7 Å². The molecular formula is C20H18F3N5O3S2. The molecule has 0 unspecified atom stereocenters. The van der Waals surface area contributed by atoms with Crippen molar-refractivity contribution in [3.8, 4) is 10.4 Å². The molecule has 1 aromatic carbocycles. The number of sulfone groups is 1. The summed E-state index contributed by atoms with van der Waals surface area (Å²) in [7, 11) is -3.11. The van der Waals surface area contributed by atoms with E-state index < -0.39 is 21.7 Å². The molecule has 1 aliphatic heterocycles. The van der Waals surface area contributed by atoms with Gasteiger partial charge in [-0.15, -0.1) is 11.3 Å². The third kappa shape index (κ3) is 5.47. The predicted molar refractivity (Wildman–Crippen MR) is 117 cm³/mol. The van der Waals surface area contributed by atoms with E-state index in [9.17, 15) is 26.4 Å². The number of aromatic nitrogens is 3. The fourth-order valence-electron chi connectivity index (χ4n) is 3.26. The fraction of sp³-hybridized carbons (Fsp3) is 0.300. The Morgan fingerprint density at radius 3 is 2.58 bits per heavy atom. The Hall–Kier alpha value is -3.06. The number of nitrogens with one attached hydrogen (secondary N) is 1. The van der Waals surface area contributed by atoms with Gasteiger partial charge >= 0.3 is 6.18 Å². The Balaban J connectivity index is 1.54. The molecular weight excluding hydrogens is 479 g/mol. The molecule has 0 radical (unpaired) electrons. The second-order valence-electron chi connectivity index (χ2n) is 7.45. The molecule has 3 heterocycles. The number of anilines is 2. The predicted octanol–water partition coefficient (Wildman–Crippen LogP) is 3.54. The summed E-state index contributed by atoms with van der Waals surface area (Å²) in [6.07, 6.45) is -2.01. The minimum absolute atomic E-state index is 0.0680. The maximum Gasteiger partial charge on any atom is 0.433 e. The maximum absolute atomic E-state index is 12.9. The molecule has 1 N–H and O–H groups in total. The van der Waals surface area contributed by atoms with Gasteiger partial charge in [-0.25, -0.2) is 23.4 Å². The zero-order chi connectivity index (χ0) is 23.8. The van der Waals surface area contributed by atoms with Crippen LogP contribution in [0.3, 0.4) is 0 Å². The lowest BCUT2D eigenvalue weighted by atomic mass is 10.1. The van der Waals surface area contributed by atoms with Gasteiger partial charge < -0.3 is 10.2 Å². The van der Waals surface area contributed by atoms with Crippen LogP contribution in [0.4, 0.5) is 24.8 Å². The number of aryl methyl sites for hydroxylation is 1. The molecule has 1 saturated heterocycles. The number of halogens is 3. The second kappa shape index (κ2) is 8.71. The van der Waals surface area contributed by atoms with E-state index in [2.05, 4.69) is 20.3 Å². The van der Waals surface area contributed by atoms with Crippen LogP contribution in [0.25, 0.3) is 10.4 Å². The first-order valence-electron chi connectivity index (χ1n) is 9.75. The zero-order valence-corrected chi connectivity index (χ0v) is 18.9. The Labute approximate surface area is 191 Å². The summed E-state index contributed by atoms with van der Waals surface area (Å²) in [6, 6.07) is 6.08. The fourth-order valence-corrected chi connectivity index (χ4v) is 5.33. The number of benzene rings is 1. The van der Waals surface area contributed by atoms with Crippen molar-refractivity contribution in [1.29, 1.82) is 0 Å². The van der Waals surface area contributed by atoms with E-state index in [1.165, 1.54) is 11.1 Å². The van der Waals surface area contributed by atoms with Gasteiger partial charge in [0.25, 0.3) is 5.91 Å². The van der Waals surface area contributed by atoms with E-state index in [1.807, 2.05) is 13.0 Å². The summed E-state index contributed by atoms with van der Waals surface area (Å²) in [5.74, 6) is -0.658. The molecule has 33 heavy (non-hydrogen) atoms. The Morgan fingerprint density at radius 1 is 1.15 bits per heavy atom. The third-order valence-electron chi connectivity index (χ3n) is 4.88.